The van der Waals surface area contributed by atoms with Crippen LogP contribution in [0, 0.1) is 0 Å². The van der Waals surface area contributed by atoms with Crippen LogP contribution in [0.25, 0.3) is 0 Å². The van der Waals surface area contributed by atoms with Crippen molar-refractivity contribution in [2.24, 2.45) is 5.10 Å². The van der Waals surface area contributed by atoms with Crippen molar-refractivity contribution in [2.45, 2.75) is 57.5 Å². The number of unbranched alkanes of at least 4 members (excludes halogenated alkanes) is 3. The van der Waals surface area contributed by atoms with E-state index in [9.17, 15) is 0 Å². The molecule has 0 aliphatic carbocycles. The van der Waals surface area contributed by atoms with Crippen molar-refractivity contribution in [1.82, 2.24) is 14.9 Å². The summed E-state index contributed by atoms with van der Waals surface area (Å²) in [5.74, 6) is 2.57. The van der Waals surface area contributed by atoms with Gasteiger partial charge < -0.3 is 9.47 Å². The fourth-order valence-corrected chi connectivity index (χ4v) is 3.03. The number of methoxy groups -OCH3 is 1. The molecule has 1 heterocycles. The van der Waals surface area contributed by atoms with Gasteiger partial charge >= 0.3 is 0 Å². The fraction of sp³-hybridized carbons (Fsp3) is 0.550. The first kappa shape index (κ1) is 21.3. The van der Waals surface area contributed by atoms with Crippen LogP contribution in [-0.2, 0) is 0 Å². The molecular weight excluding hydrogens is 360 g/mol. The molecule has 1 aromatic carbocycles. The first-order valence-corrected chi connectivity index (χ1v) is 10.7. The van der Waals surface area contributed by atoms with Crippen LogP contribution in [0.2, 0.25) is 0 Å². The van der Waals surface area contributed by atoms with Crippen LogP contribution in [0.4, 0.5) is 0 Å². The summed E-state index contributed by atoms with van der Waals surface area (Å²) < 4.78 is 13.1. The molecule has 148 valence electrons. The van der Waals surface area contributed by atoms with Crippen molar-refractivity contribution in [3.05, 3.63) is 29.6 Å². The van der Waals surface area contributed by atoms with E-state index in [4.69, 9.17) is 9.47 Å². The number of benzene rings is 1. The van der Waals surface area contributed by atoms with Crippen molar-refractivity contribution in [1.29, 1.82) is 0 Å². The standard InChI is InChI=1S/C20H30N4O2S/c1-6-7-8-9-12-26-17-11-10-16(13-18(17)25-4)14-21-24-19(15(2)3)22-23-20(24)27-5/h10-11,13-15H,6-9,12H2,1-5H3/b21-14-. The monoisotopic (exact) mass is 390 g/mol. The van der Waals surface area contributed by atoms with Gasteiger partial charge in [-0.05, 0) is 36.4 Å². The summed E-state index contributed by atoms with van der Waals surface area (Å²) in [5, 5.41) is 13.8. The van der Waals surface area contributed by atoms with Crippen LogP contribution in [0.1, 0.15) is 63.8 Å². The van der Waals surface area contributed by atoms with Crippen LogP contribution in [-0.4, -0.2) is 41.1 Å². The summed E-state index contributed by atoms with van der Waals surface area (Å²) in [6.07, 6.45) is 8.48. The molecular formula is C20H30N4O2S. The van der Waals surface area contributed by atoms with Crippen LogP contribution in [0.3, 0.4) is 0 Å². The van der Waals surface area contributed by atoms with E-state index in [1.165, 1.54) is 31.0 Å². The summed E-state index contributed by atoms with van der Waals surface area (Å²) in [5.41, 5.74) is 0.931. The molecule has 0 aliphatic rings. The normalized spacial score (nSPS) is 11.5. The third kappa shape index (κ3) is 5.99. The Balaban J connectivity index is 2.11. The molecule has 0 unspecified atom stereocenters. The maximum Gasteiger partial charge on any atom is 0.211 e. The van der Waals surface area contributed by atoms with E-state index in [1.54, 1.807) is 18.0 Å². The lowest BCUT2D eigenvalue weighted by Crippen LogP contribution is -2.02. The van der Waals surface area contributed by atoms with Crippen molar-refractivity contribution in [3.63, 3.8) is 0 Å². The lowest BCUT2D eigenvalue weighted by molar-refractivity contribution is 0.285. The largest absolute Gasteiger partial charge is 0.493 e. The minimum atomic E-state index is 0.244. The summed E-state index contributed by atoms with van der Waals surface area (Å²) in [6.45, 7) is 7.07. The Morgan fingerprint density at radius 2 is 2.00 bits per heavy atom. The molecule has 0 bridgehead atoms. The van der Waals surface area contributed by atoms with Crippen molar-refractivity contribution in [2.75, 3.05) is 20.0 Å². The Hall–Kier alpha value is -2.02. The molecule has 0 saturated carbocycles. The third-order valence-corrected chi connectivity index (χ3v) is 4.72. The molecule has 2 rings (SSSR count). The molecule has 0 aliphatic heterocycles. The zero-order valence-electron chi connectivity index (χ0n) is 16.9. The Labute approximate surface area is 166 Å². The molecule has 27 heavy (non-hydrogen) atoms. The van der Waals surface area contributed by atoms with Crippen molar-refractivity contribution < 1.29 is 9.47 Å². The lowest BCUT2D eigenvalue weighted by atomic mass is 10.2. The smallest absolute Gasteiger partial charge is 0.211 e. The maximum absolute atomic E-state index is 5.87. The van der Waals surface area contributed by atoms with E-state index >= 15 is 0 Å². The molecule has 2 aromatic rings. The second-order valence-corrected chi connectivity index (χ2v) is 7.35. The minimum Gasteiger partial charge on any atom is -0.493 e. The van der Waals surface area contributed by atoms with E-state index in [-0.39, 0.29) is 5.92 Å². The zero-order chi connectivity index (χ0) is 19.6. The van der Waals surface area contributed by atoms with Gasteiger partial charge in [-0.3, -0.25) is 0 Å². The highest BCUT2D eigenvalue weighted by Gasteiger charge is 2.13. The van der Waals surface area contributed by atoms with Gasteiger partial charge in [-0.25, -0.2) is 0 Å². The van der Waals surface area contributed by atoms with Gasteiger partial charge in [0.05, 0.1) is 19.9 Å². The van der Waals surface area contributed by atoms with Gasteiger partial charge in [0, 0.05) is 5.92 Å². The highest BCUT2D eigenvalue weighted by Crippen LogP contribution is 2.28. The van der Waals surface area contributed by atoms with Gasteiger partial charge in [-0.1, -0.05) is 51.8 Å². The van der Waals surface area contributed by atoms with E-state index < -0.39 is 0 Å². The molecule has 7 heteroatoms. The first-order valence-electron chi connectivity index (χ1n) is 9.45. The molecule has 0 radical (unpaired) electrons. The van der Waals surface area contributed by atoms with E-state index in [2.05, 4.69) is 36.1 Å². The average Bonchev–Trinajstić information content (AvgIpc) is 3.10. The Bertz CT molecular complexity index is 744. The topological polar surface area (TPSA) is 61.5 Å². The summed E-state index contributed by atoms with van der Waals surface area (Å²) >= 11 is 1.52. The number of nitrogens with zero attached hydrogens (tertiary/aromatic N) is 4. The number of aromatic nitrogens is 3. The number of hydrogen-bond acceptors (Lipinski definition) is 6. The zero-order valence-corrected chi connectivity index (χ0v) is 17.8. The van der Waals surface area contributed by atoms with Crippen LogP contribution in [0.15, 0.2) is 28.5 Å². The molecule has 6 nitrogen and oxygen atoms in total. The Morgan fingerprint density at radius 3 is 2.67 bits per heavy atom. The van der Waals surface area contributed by atoms with Crippen molar-refractivity contribution >= 4 is 18.0 Å². The van der Waals surface area contributed by atoms with E-state index in [1.807, 2.05) is 24.5 Å². The highest BCUT2D eigenvalue weighted by atomic mass is 32.2. The van der Waals surface area contributed by atoms with Crippen molar-refractivity contribution in [3.8, 4) is 11.5 Å². The van der Waals surface area contributed by atoms with Gasteiger partial charge in [0.2, 0.25) is 5.16 Å². The Kier molecular flexibility index (Phi) is 8.64. The number of rotatable bonds is 11. The second kappa shape index (κ2) is 11.0. The summed E-state index contributed by atoms with van der Waals surface area (Å²) in [4.78, 5) is 0. The van der Waals surface area contributed by atoms with Gasteiger partial charge in [0.15, 0.2) is 17.3 Å². The molecule has 0 N–H and O–H groups in total. The van der Waals surface area contributed by atoms with Crippen LogP contribution >= 0.6 is 11.8 Å². The number of hydrogen-bond donors (Lipinski definition) is 0. The maximum atomic E-state index is 5.87. The molecule has 0 atom stereocenters. The number of ether oxygens (including phenoxy) is 2. The van der Waals surface area contributed by atoms with Crippen LogP contribution in [0.5, 0.6) is 11.5 Å². The third-order valence-electron chi connectivity index (χ3n) is 4.10. The highest BCUT2D eigenvalue weighted by molar-refractivity contribution is 7.98. The summed E-state index contributed by atoms with van der Waals surface area (Å²) in [7, 11) is 1.66. The molecule has 0 amide bonds. The fourth-order valence-electron chi connectivity index (χ4n) is 2.59. The van der Waals surface area contributed by atoms with E-state index in [0.29, 0.717) is 12.4 Å². The molecule has 1 aromatic heterocycles. The van der Waals surface area contributed by atoms with Gasteiger partial charge in [-0.2, -0.15) is 9.78 Å². The lowest BCUT2D eigenvalue weighted by Gasteiger charge is -2.11. The predicted molar refractivity (Wildman–Crippen MR) is 112 cm³/mol. The molecule has 0 fully saturated rings. The van der Waals surface area contributed by atoms with E-state index in [0.717, 1.165) is 28.7 Å². The quantitative estimate of drug-likeness (QED) is 0.308. The summed E-state index contributed by atoms with van der Waals surface area (Å²) in [6, 6.07) is 5.85. The number of thioether (sulfide) groups is 1. The minimum absolute atomic E-state index is 0.244. The van der Waals surface area contributed by atoms with Crippen LogP contribution < -0.4 is 9.47 Å². The SMILES string of the molecule is CCCCCCOc1ccc(/C=N\n2c(SC)nnc2C(C)C)cc1OC. The first-order chi connectivity index (χ1) is 13.1. The Morgan fingerprint density at radius 1 is 1.19 bits per heavy atom. The second-order valence-electron chi connectivity index (χ2n) is 6.58. The average molecular weight is 391 g/mol. The predicted octanol–water partition coefficient (Wildman–Crippen LogP) is 4.97. The van der Waals surface area contributed by atoms with Gasteiger partial charge in [0.25, 0.3) is 0 Å². The molecule has 0 spiro atoms. The van der Waals surface area contributed by atoms with Gasteiger partial charge in [0.1, 0.15) is 0 Å². The molecule has 0 saturated heterocycles. The van der Waals surface area contributed by atoms with Gasteiger partial charge in [-0.15, -0.1) is 10.2 Å².